The minimum atomic E-state index is -0.149. The van der Waals surface area contributed by atoms with E-state index < -0.39 is 0 Å². The lowest BCUT2D eigenvalue weighted by Crippen LogP contribution is -2.24. The summed E-state index contributed by atoms with van der Waals surface area (Å²) in [6.07, 6.45) is 0. The summed E-state index contributed by atoms with van der Waals surface area (Å²) in [4.78, 5) is 15.1. The number of likely N-dealkylation sites (N-methyl/N-ethyl adjacent to an activating group) is 1. The van der Waals surface area contributed by atoms with Gasteiger partial charge in [0, 0.05) is 35.9 Å². The second-order valence-electron chi connectivity index (χ2n) is 7.61. The summed E-state index contributed by atoms with van der Waals surface area (Å²) in [7, 11) is 2.05. The quantitative estimate of drug-likeness (QED) is 0.475. The average Bonchev–Trinajstić information content (AvgIpc) is 3.08. The SMILES string of the molecule is CN(CCN)Cc1ccc(NC(=C2C(=O)Nc3cc(Cl)ccc32)c2ccccc2)cc1. The molecule has 0 aliphatic carbocycles. The number of nitrogens with two attached hydrogens (primary N) is 1. The highest BCUT2D eigenvalue weighted by atomic mass is 35.5. The average molecular weight is 433 g/mol. The first-order valence-corrected chi connectivity index (χ1v) is 10.6. The highest BCUT2D eigenvalue weighted by molar-refractivity contribution is 6.38. The third-order valence-corrected chi connectivity index (χ3v) is 5.46. The van der Waals surface area contributed by atoms with E-state index in [4.69, 9.17) is 17.3 Å². The van der Waals surface area contributed by atoms with Crippen molar-refractivity contribution in [1.29, 1.82) is 0 Å². The van der Waals surface area contributed by atoms with Crippen molar-refractivity contribution in [2.24, 2.45) is 5.73 Å². The first-order chi connectivity index (χ1) is 15.0. The number of benzene rings is 3. The summed E-state index contributed by atoms with van der Waals surface area (Å²) in [6, 6.07) is 23.6. The molecule has 158 valence electrons. The Kier molecular flexibility index (Phi) is 6.37. The van der Waals surface area contributed by atoms with Gasteiger partial charge in [0.25, 0.3) is 5.91 Å². The van der Waals surface area contributed by atoms with E-state index in [9.17, 15) is 4.79 Å². The Labute approximate surface area is 187 Å². The first kappa shape index (κ1) is 21.1. The predicted octanol–water partition coefficient (Wildman–Crippen LogP) is 4.66. The largest absolute Gasteiger partial charge is 0.354 e. The van der Waals surface area contributed by atoms with Crippen molar-refractivity contribution in [2.45, 2.75) is 6.54 Å². The van der Waals surface area contributed by atoms with Crippen LogP contribution < -0.4 is 16.4 Å². The van der Waals surface area contributed by atoms with Crippen LogP contribution in [0.3, 0.4) is 0 Å². The third kappa shape index (κ3) is 4.80. The maximum Gasteiger partial charge on any atom is 0.258 e. The molecule has 1 aliphatic heterocycles. The molecule has 0 unspecified atom stereocenters. The van der Waals surface area contributed by atoms with E-state index >= 15 is 0 Å². The van der Waals surface area contributed by atoms with E-state index in [1.165, 1.54) is 5.56 Å². The first-order valence-electron chi connectivity index (χ1n) is 10.2. The summed E-state index contributed by atoms with van der Waals surface area (Å²) < 4.78 is 0. The Morgan fingerprint density at radius 3 is 2.52 bits per heavy atom. The van der Waals surface area contributed by atoms with Crippen LogP contribution in [0.25, 0.3) is 11.3 Å². The Bertz CT molecular complexity index is 1110. The molecule has 0 aromatic heterocycles. The number of rotatable bonds is 7. The predicted molar refractivity (Wildman–Crippen MR) is 129 cm³/mol. The Balaban J connectivity index is 1.70. The minimum absolute atomic E-state index is 0.149. The summed E-state index contributed by atoms with van der Waals surface area (Å²) in [5, 5.41) is 7.00. The number of nitrogens with one attached hydrogen (secondary N) is 2. The Morgan fingerprint density at radius 2 is 1.81 bits per heavy atom. The molecule has 0 fully saturated rings. The zero-order valence-corrected chi connectivity index (χ0v) is 18.1. The number of hydrogen-bond donors (Lipinski definition) is 3. The molecule has 1 amide bonds. The van der Waals surface area contributed by atoms with Gasteiger partial charge in [-0.05, 0) is 42.4 Å². The van der Waals surface area contributed by atoms with Gasteiger partial charge in [-0.25, -0.2) is 0 Å². The fourth-order valence-corrected chi connectivity index (χ4v) is 3.90. The van der Waals surface area contributed by atoms with E-state index in [0.717, 1.165) is 41.3 Å². The third-order valence-electron chi connectivity index (χ3n) is 5.23. The van der Waals surface area contributed by atoms with Crippen molar-refractivity contribution < 1.29 is 4.79 Å². The Morgan fingerprint density at radius 1 is 1.06 bits per heavy atom. The van der Waals surface area contributed by atoms with E-state index in [1.807, 2.05) is 48.5 Å². The lowest BCUT2D eigenvalue weighted by Gasteiger charge is -2.17. The van der Waals surface area contributed by atoms with Crippen LogP contribution in [-0.4, -0.2) is 30.9 Å². The number of amides is 1. The van der Waals surface area contributed by atoms with Gasteiger partial charge in [0.1, 0.15) is 0 Å². The molecule has 0 bridgehead atoms. The summed E-state index contributed by atoms with van der Waals surface area (Å²) in [6.45, 7) is 2.32. The molecule has 4 N–H and O–H groups in total. The number of halogens is 1. The van der Waals surface area contributed by atoms with E-state index in [1.54, 1.807) is 12.1 Å². The molecule has 3 aromatic carbocycles. The molecule has 1 aliphatic rings. The molecular weight excluding hydrogens is 408 g/mol. The minimum Gasteiger partial charge on any atom is -0.354 e. The molecule has 31 heavy (non-hydrogen) atoms. The van der Waals surface area contributed by atoms with Crippen molar-refractivity contribution in [3.63, 3.8) is 0 Å². The highest BCUT2D eigenvalue weighted by Gasteiger charge is 2.28. The molecule has 0 atom stereocenters. The summed E-state index contributed by atoms with van der Waals surface area (Å²) in [5.41, 5.74) is 11.6. The van der Waals surface area contributed by atoms with Gasteiger partial charge in [0.05, 0.1) is 17.0 Å². The molecule has 1 heterocycles. The van der Waals surface area contributed by atoms with Crippen LogP contribution in [0.5, 0.6) is 0 Å². The van der Waals surface area contributed by atoms with Crippen LogP contribution in [0.15, 0.2) is 72.8 Å². The zero-order valence-electron chi connectivity index (χ0n) is 17.4. The monoisotopic (exact) mass is 432 g/mol. The molecule has 5 nitrogen and oxygen atoms in total. The second kappa shape index (κ2) is 9.35. The summed E-state index contributed by atoms with van der Waals surface area (Å²) >= 11 is 6.12. The van der Waals surface area contributed by atoms with Gasteiger partial charge in [-0.2, -0.15) is 0 Å². The molecule has 0 spiro atoms. The number of anilines is 2. The van der Waals surface area contributed by atoms with Gasteiger partial charge >= 0.3 is 0 Å². The molecule has 4 rings (SSSR count). The molecule has 0 radical (unpaired) electrons. The van der Waals surface area contributed by atoms with Crippen LogP contribution in [0, 0.1) is 0 Å². The van der Waals surface area contributed by atoms with Gasteiger partial charge in [-0.3, -0.25) is 4.79 Å². The highest BCUT2D eigenvalue weighted by Crippen LogP contribution is 2.38. The van der Waals surface area contributed by atoms with Crippen molar-refractivity contribution >= 4 is 40.2 Å². The van der Waals surface area contributed by atoms with Gasteiger partial charge in [-0.1, -0.05) is 60.1 Å². The standard InChI is InChI=1S/C25H25ClN4O/c1-30(14-13-27)16-17-7-10-20(11-8-17)28-24(18-5-3-2-4-6-18)23-21-12-9-19(26)15-22(21)29-25(23)31/h2-12,15,28H,13-14,16,27H2,1H3,(H,29,31). The van der Waals surface area contributed by atoms with Crippen LogP contribution in [0.2, 0.25) is 5.02 Å². The van der Waals surface area contributed by atoms with Crippen molar-refractivity contribution in [2.75, 3.05) is 30.8 Å². The zero-order chi connectivity index (χ0) is 21.8. The summed E-state index contributed by atoms with van der Waals surface area (Å²) in [5.74, 6) is -0.149. The van der Waals surface area contributed by atoms with Crippen LogP contribution >= 0.6 is 11.6 Å². The molecule has 6 heteroatoms. The fraction of sp³-hybridized carbons (Fsp3) is 0.160. The van der Waals surface area contributed by atoms with Crippen LogP contribution in [0.4, 0.5) is 11.4 Å². The lowest BCUT2D eigenvalue weighted by molar-refractivity contribution is -0.110. The fourth-order valence-electron chi connectivity index (χ4n) is 3.73. The number of carbonyl (C=O) groups is 1. The van der Waals surface area contributed by atoms with E-state index in [0.29, 0.717) is 17.1 Å². The van der Waals surface area contributed by atoms with Gasteiger partial charge in [-0.15, -0.1) is 0 Å². The number of hydrogen-bond acceptors (Lipinski definition) is 4. The van der Waals surface area contributed by atoms with Crippen molar-refractivity contribution in [1.82, 2.24) is 4.90 Å². The number of carbonyl (C=O) groups excluding carboxylic acids is 1. The van der Waals surface area contributed by atoms with Crippen molar-refractivity contribution in [3.05, 3.63) is 94.5 Å². The Hall–Kier alpha value is -3.12. The number of nitrogens with zero attached hydrogens (tertiary/aromatic N) is 1. The smallest absolute Gasteiger partial charge is 0.258 e. The lowest BCUT2D eigenvalue weighted by atomic mass is 10.00. The number of fused-ring (bicyclic) bond motifs is 1. The molecule has 3 aromatic rings. The topological polar surface area (TPSA) is 70.4 Å². The van der Waals surface area contributed by atoms with Gasteiger partial charge in [0.2, 0.25) is 0 Å². The van der Waals surface area contributed by atoms with Crippen LogP contribution in [-0.2, 0) is 11.3 Å². The van der Waals surface area contributed by atoms with Crippen LogP contribution in [0.1, 0.15) is 16.7 Å². The maximum absolute atomic E-state index is 12.9. The normalized spacial score (nSPS) is 14.4. The van der Waals surface area contributed by atoms with E-state index in [-0.39, 0.29) is 5.91 Å². The molecular formula is C25H25ClN4O. The second-order valence-corrected chi connectivity index (χ2v) is 8.04. The van der Waals surface area contributed by atoms with E-state index in [2.05, 4.69) is 34.7 Å². The van der Waals surface area contributed by atoms with Gasteiger partial charge in [0.15, 0.2) is 0 Å². The van der Waals surface area contributed by atoms with Gasteiger partial charge < -0.3 is 21.3 Å². The molecule has 0 saturated heterocycles. The molecule has 0 saturated carbocycles. The maximum atomic E-state index is 12.9. The van der Waals surface area contributed by atoms with Crippen molar-refractivity contribution in [3.8, 4) is 0 Å².